The quantitative estimate of drug-likeness (QED) is 0.843. The van der Waals surface area contributed by atoms with Crippen LogP contribution in [0, 0.1) is 5.92 Å². The highest BCUT2D eigenvalue weighted by molar-refractivity contribution is 4.95. The normalized spacial score (nSPS) is 35.7. The minimum Gasteiger partial charge on any atom is -0.381 e. The smallest absolute Gasteiger partial charge is 0.0855 e. The van der Waals surface area contributed by atoms with Gasteiger partial charge in [-0.15, -0.1) is 0 Å². The molecule has 3 aliphatic rings. The van der Waals surface area contributed by atoms with E-state index < -0.39 is 0 Å². The van der Waals surface area contributed by atoms with Crippen molar-refractivity contribution in [2.45, 2.75) is 50.4 Å². The van der Waals surface area contributed by atoms with Crippen LogP contribution in [0.15, 0.2) is 0 Å². The minimum atomic E-state index is 0.0257. The second kappa shape index (κ2) is 6.92. The molecule has 2 N–H and O–H groups in total. The monoisotopic (exact) mass is 298 g/mol. The number of ether oxygens (including phenoxy) is 3. The largest absolute Gasteiger partial charge is 0.381 e. The number of rotatable bonds is 3. The molecule has 0 radical (unpaired) electrons. The Balaban J connectivity index is 1.59. The van der Waals surface area contributed by atoms with Crippen LogP contribution in [0.25, 0.3) is 0 Å². The van der Waals surface area contributed by atoms with Crippen molar-refractivity contribution in [1.82, 2.24) is 4.90 Å². The van der Waals surface area contributed by atoms with Crippen LogP contribution in [-0.2, 0) is 14.2 Å². The third-order valence-corrected chi connectivity index (χ3v) is 5.53. The van der Waals surface area contributed by atoms with E-state index in [0.717, 1.165) is 71.7 Å². The van der Waals surface area contributed by atoms with Crippen molar-refractivity contribution in [1.29, 1.82) is 0 Å². The Morgan fingerprint density at radius 1 is 1.24 bits per heavy atom. The van der Waals surface area contributed by atoms with Gasteiger partial charge >= 0.3 is 0 Å². The summed E-state index contributed by atoms with van der Waals surface area (Å²) in [4.78, 5) is 2.44. The SMILES string of the molecule is CCN1CCOC(C(N)C2CCOC3(CCOCC3)C2)C1. The highest BCUT2D eigenvalue weighted by Gasteiger charge is 2.42. The summed E-state index contributed by atoms with van der Waals surface area (Å²) in [6.07, 6.45) is 4.35. The molecular weight excluding hydrogens is 268 g/mol. The van der Waals surface area contributed by atoms with Gasteiger partial charge in [0.15, 0.2) is 0 Å². The molecule has 3 unspecified atom stereocenters. The molecular formula is C16H30N2O3. The zero-order chi connectivity index (χ0) is 14.7. The van der Waals surface area contributed by atoms with E-state index in [9.17, 15) is 0 Å². The molecule has 21 heavy (non-hydrogen) atoms. The molecule has 0 aromatic heterocycles. The first-order valence-electron chi connectivity index (χ1n) is 8.54. The summed E-state index contributed by atoms with van der Waals surface area (Å²) in [5, 5.41) is 0. The highest BCUT2D eigenvalue weighted by Crippen LogP contribution is 2.38. The number of nitrogens with zero attached hydrogens (tertiary/aromatic N) is 1. The molecule has 0 amide bonds. The van der Waals surface area contributed by atoms with Gasteiger partial charge in [-0.2, -0.15) is 0 Å². The first-order chi connectivity index (χ1) is 10.2. The van der Waals surface area contributed by atoms with Crippen LogP contribution in [-0.4, -0.2) is 68.7 Å². The predicted molar refractivity (Wildman–Crippen MR) is 81.3 cm³/mol. The lowest BCUT2D eigenvalue weighted by Crippen LogP contribution is -2.56. The maximum atomic E-state index is 6.59. The second-order valence-electron chi connectivity index (χ2n) is 6.78. The summed E-state index contributed by atoms with van der Waals surface area (Å²) < 4.78 is 17.6. The average Bonchev–Trinajstić information content (AvgIpc) is 2.55. The van der Waals surface area contributed by atoms with E-state index in [0.29, 0.717) is 5.92 Å². The van der Waals surface area contributed by atoms with E-state index in [1.54, 1.807) is 0 Å². The van der Waals surface area contributed by atoms with E-state index in [4.69, 9.17) is 19.9 Å². The van der Waals surface area contributed by atoms with Crippen LogP contribution in [0.4, 0.5) is 0 Å². The summed E-state index contributed by atoms with van der Waals surface area (Å²) in [6, 6.07) is 0.128. The molecule has 122 valence electrons. The van der Waals surface area contributed by atoms with Crippen molar-refractivity contribution in [2.75, 3.05) is 46.1 Å². The van der Waals surface area contributed by atoms with Gasteiger partial charge in [0.2, 0.25) is 0 Å². The molecule has 0 saturated carbocycles. The van der Waals surface area contributed by atoms with E-state index in [-0.39, 0.29) is 17.7 Å². The molecule has 3 fully saturated rings. The Bertz CT molecular complexity index is 328. The van der Waals surface area contributed by atoms with Crippen molar-refractivity contribution in [3.63, 3.8) is 0 Å². The number of hydrogen-bond donors (Lipinski definition) is 1. The Labute approximate surface area is 128 Å². The van der Waals surface area contributed by atoms with Crippen LogP contribution in [0.5, 0.6) is 0 Å². The standard InChI is InChI=1S/C16H30N2O3/c1-2-18-6-10-20-14(12-18)15(17)13-3-7-21-16(11-13)4-8-19-9-5-16/h13-15H,2-12,17H2,1H3. The topological polar surface area (TPSA) is 57.0 Å². The van der Waals surface area contributed by atoms with Gasteiger partial charge in [0, 0.05) is 39.0 Å². The molecule has 0 bridgehead atoms. The summed E-state index contributed by atoms with van der Waals surface area (Å²) in [5.74, 6) is 0.513. The summed E-state index contributed by atoms with van der Waals surface area (Å²) in [7, 11) is 0. The van der Waals surface area contributed by atoms with E-state index in [1.807, 2.05) is 0 Å². The maximum absolute atomic E-state index is 6.59. The molecule has 5 nitrogen and oxygen atoms in total. The molecule has 3 rings (SSSR count). The lowest BCUT2D eigenvalue weighted by Gasteiger charge is -2.46. The Morgan fingerprint density at radius 2 is 2.05 bits per heavy atom. The number of hydrogen-bond acceptors (Lipinski definition) is 5. The molecule has 5 heteroatoms. The van der Waals surface area contributed by atoms with Gasteiger partial charge in [-0.3, -0.25) is 4.90 Å². The zero-order valence-corrected chi connectivity index (χ0v) is 13.3. The minimum absolute atomic E-state index is 0.0257. The Morgan fingerprint density at radius 3 is 2.81 bits per heavy atom. The third kappa shape index (κ3) is 3.59. The summed E-state index contributed by atoms with van der Waals surface area (Å²) in [6.45, 7) is 8.61. The fourth-order valence-corrected chi connectivity index (χ4v) is 4.04. The van der Waals surface area contributed by atoms with Crippen molar-refractivity contribution in [3.05, 3.63) is 0 Å². The number of nitrogens with two attached hydrogens (primary N) is 1. The van der Waals surface area contributed by atoms with Crippen molar-refractivity contribution in [2.24, 2.45) is 11.7 Å². The van der Waals surface area contributed by atoms with Crippen molar-refractivity contribution in [3.8, 4) is 0 Å². The van der Waals surface area contributed by atoms with Crippen molar-refractivity contribution < 1.29 is 14.2 Å². The van der Waals surface area contributed by atoms with E-state index in [1.165, 1.54) is 0 Å². The lowest BCUT2D eigenvalue weighted by atomic mass is 9.76. The number of morpholine rings is 1. The summed E-state index contributed by atoms with van der Waals surface area (Å²) >= 11 is 0. The summed E-state index contributed by atoms with van der Waals surface area (Å²) in [5.41, 5.74) is 6.62. The maximum Gasteiger partial charge on any atom is 0.0855 e. The van der Waals surface area contributed by atoms with Crippen LogP contribution in [0.2, 0.25) is 0 Å². The van der Waals surface area contributed by atoms with Gasteiger partial charge in [-0.25, -0.2) is 0 Å². The molecule has 3 aliphatic heterocycles. The molecule has 0 aromatic rings. The molecule has 0 aromatic carbocycles. The van der Waals surface area contributed by atoms with Gasteiger partial charge < -0.3 is 19.9 Å². The van der Waals surface area contributed by atoms with Crippen LogP contribution < -0.4 is 5.73 Å². The zero-order valence-electron chi connectivity index (χ0n) is 13.3. The molecule has 3 heterocycles. The van der Waals surface area contributed by atoms with Crippen LogP contribution in [0.1, 0.15) is 32.6 Å². The lowest BCUT2D eigenvalue weighted by molar-refractivity contribution is -0.155. The second-order valence-corrected chi connectivity index (χ2v) is 6.78. The van der Waals surface area contributed by atoms with Gasteiger partial charge in [-0.05, 0) is 38.1 Å². The Kier molecular flexibility index (Phi) is 5.17. The van der Waals surface area contributed by atoms with Gasteiger partial charge in [0.1, 0.15) is 0 Å². The fraction of sp³-hybridized carbons (Fsp3) is 1.00. The van der Waals surface area contributed by atoms with Crippen LogP contribution in [0.3, 0.4) is 0 Å². The predicted octanol–water partition coefficient (Wildman–Crippen LogP) is 1.01. The van der Waals surface area contributed by atoms with E-state index >= 15 is 0 Å². The molecule has 0 aliphatic carbocycles. The fourth-order valence-electron chi connectivity index (χ4n) is 4.04. The van der Waals surface area contributed by atoms with Gasteiger partial charge in [-0.1, -0.05) is 6.92 Å². The van der Waals surface area contributed by atoms with Gasteiger partial charge in [0.05, 0.1) is 18.3 Å². The Hall–Kier alpha value is -0.200. The van der Waals surface area contributed by atoms with Crippen molar-refractivity contribution >= 4 is 0 Å². The first-order valence-corrected chi connectivity index (χ1v) is 8.54. The van der Waals surface area contributed by atoms with Gasteiger partial charge in [0.25, 0.3) is 0 Å². The first kappa shape index (κ1) is 15.7. The number of likely N-dealkylation sites (N-methyl/N-ethyl adjacent to an activating group) is 1. The van der Waals surface area contributed by atoms with E-state index in [2.05, 4.69) is 11.8 Å². The third-order valence-electron chi connectivity index (χ3n) is 5.53. The molecule has 1 spiro atoms. The molecule has 3 atom stereocenters. The average molecular weight is 298 g/mol. The molecule has 3 saturated heterocycles. The van der Waals surface area contributed by atoms with Crippen LogP contribution >= 0.6 is 0 Å². The highest BCUT2D eigenvalue weighted by atomic mass is 16.5.